The van der Waals surface area contributed by atoms with Gasteiger partial charge in [-0.05, 0) is 54.5 Å². The number of aliphatic hydroxyl groups is 1. The summed E-state index contributed by atoms with van der Waals surface area (Å²) in [5, 5.41) is 12.2. The predicted octanol–water partition coefficient (Wildman–Crippen LogP) is 6.29. The van der Waals surface area contributed by atoms with Crippen molar-refractivity contribution in [1.29, 1.82) is 0 Å². The number of rotatable bonds is 6. The van der Waals surface area contributed by atoms with E-state index in [1.54, 1.807) is 56.3 Å². The minimum Gasteiger partial charge on any atom is -0.458 e. The molecule has 1 fully saturated rings. The van der Waals surface area contributed by atoms with Gasteiger partial charge in [-0.2, -0.15) is 0 Å². The van der Waals surface area contributed by atoms with Crippen LogP contribution in [0.5, 0.6) is 0 Å². The Morgan fingerprint density at radius 1 is 0.957 bits per heavy atom. The highest BCUT2D eigenvalue weighted by molar-refractivity contribution is 5.92. The van der Waals surface area contributed by atoms with E-state index >= 15 is 0 Å². The van der Waals surface area contributed by atoms with Crippen LogP contribution in [0.3, 0.4) is 0 Å². The monoisotopic (exact) mass is 628 g/mol. The second-order valence-electron chi connectivity index (χ2n) is 13.1. The van der Waals surface area contributed by atoms with Crippen molar-refractivity contribution in [3.05, 3.63) is 102 Å². The molecule has 46 heavy (non-hydrogen) atoms. The maximum Gasteiger partial charge on any atom is 0.338 e. The number of ether oxygens (including phenoxy) is 3. The van der Waals surface area contributed by atoms with E-state index in [-0.39, 0.29) is 12.8 Å². The quantitative estimate of drug-likeness (QED) is 0.172. The highest BCUT2D eigenvalue weighted by atomic mass is 16.6. The van der Waals surface area contributed by atoms with Crippen LogP contribution in [-0.2, 0) is 28.6 Å². The SMILES string of the molecule is C=C1CC[C@H](OC(=O)/C=C/c2ccccc2)C(C)(C)/C=C/[C@H](C)C(=O)[C@@]2(O)C[C@H](C)[C@H](OC(=O)c3ccccc3)[C@@H]2[C@H]1OC(C)=O. The number of benzene rings is 2. The van der Waals surface area contributed by atoms with Crippen molar-refractivity contribution in [3.63, 3.8) is 0 Å². The average Bonchev–Trinajstić information content (AvgIpc) is 3.28. The fourth-order valence-corrected chi connectivity index (χ4v) is 6.53. The Bertz CT molecular complexity index is 1490. The minimum absolute atomic E-state index is 0.00381. The van der Waals surface area contributed by atoms with Gasteiger partial charge in [0.05, 0.1) is 11.5 Å². The van der Waals surface area contributed by atoms with Crippen molar-refractivity contribution in [1.82, 2.24) is 0 Å². The number of carbonyl (C=O) groups is 4. The molecule has 0 unspecified atom stereocenters. The van der Waals surface area contributed by atoms with Crippen LogP contribution < -0.4 is 0 Å². The molecule has 8 nitrogen and oxygen atoms in total. The number of hydrogen-bond donors (Lipinski definition) is 1. The molecule has 0 aromatic heterocycles. The Labute approximate surface area is 271 Å². The Morgan fingerprint density at radius 2 is 1.59 bits per heavy atom. The number of hydrogen-bond acceptors (Lipinski definition) is 8. The first-order chi connectivity index (χ1) is 21.7. The van der Waals surface area contributed by atoms with Gasteiger partial charge in [-0.15, -0.1) is 0 Å². The molecular formula is C38H44O8. The third-order valence-electron chi connectivity index (χ3n) is 9.06. The topological polar surface area (TPSA) is 116 Å². The van der Waals surface area contributed by atoms with Crippen molar-refractivity contribution < 1.29 is 38.5 Å². The molecule has 0 amide bonds. The molecule has 2 aliphatic rings. The van der Waals surface area contributed by atoms with Gasteiger partial charge in [-0.25, -0.2) is 9.59 Å². The molecule has 2 aromatic rings. The van der Waals surface area contributed by atoms with E-state index in [2.05, 4.69) is 6.58 Å². The summed E-state index contributed by atoms with van der Waals surface area (Å²) in [6.45, 7) is 12.8. The molecule has 7 atom stereocenters. The summed E-state index contributed by atoms with van der Waals surface area (Å²) in [4.78, 5) is 52.8. The number of esters is 3. The number of Topliss-reactive ketones (excluding diaryl/α,β-unsaturated/α-hetero) is 1. The first-order valence-corrected chi connectivity index (χ1v) is 15.7. The summed E-state index contributed by atoms with van der Waals surface area (Å²) < 4.78 is 17.8. The molecule has 2 aromatic carbocycles. The molecule has 1 saturated carbocycles. The van der Waals surface area contributed by atoms with E-state index in [0.29, 0.717) is 17.6 Å². The summed E-state index contributed by atoms with van der Waals surface area (Å²) >= 11 is 0. The Kier molecular flexibility index (Phi) is 10.8. The maximum atomic E-state index is 14.1. The van der Waals surface area contributed by atoms with Crippen LogP contribution in [0.2, 0.25) is 0 Å². The van der Waals surface area contributed by atoms with Crippen LogP contribution in [0.4, 0.5) is 0 Å². The van der Waals surface area contributed by atoms with Crippen LogP contribution >= 0.6 is 0 Å². The number of carbonyl (C=O) groups excluding carboxylic acids is 4. The highest BCUT2D eigenvalue weighted by Gasteiger charge is 2.61. The fraction of sp³-hybridized carbons (Fsp3) is 0.421. The molecule has 0 saturated heterocycles. The van der Waals surface area contributed by atoms with E-state index in [1.807, 2.05) is 50.3 Å². The van der Waals surface area contributed by atoms with Gasteiger partial charge in [0.25, 0.3) is 0 Å². The smallest absolute Gasteiger partial charge is 0.338 e. The molecule has 2 aliphatic carbocycles. The van der Waals surface area contributed by atoms with E-state index in [1.165, 1.54) is 13.0 Å². The third-order valence-corrected chi connectivity index (χ3v) is 9.06. The number of ketones is 1. The number of allylic oxidation sites excluding steroid dienone is 1. The zero-order valence-corrected chi connectivity index (χ0v) is 27.2. The molecule has 0 heterocycles. The van der Waals surface area contributed by atoms with E-state index in [9.17, 15) is 24.3 Å². The average molecular weight is 629 g/mol. The summed E-state index contributed by atoms with van der Waals surface area (Å²) in [6, 6.07) is 17.8. The van der Waals surface area contributed by atoms with Gasteiger partial charge in [0.1, 0.15) is 23.9 Å². The molecule has 8 heteroatoms. The van der Waals surface area contributed by atoms with Crippen LogP contribution in [0.15, 0.2) is 91.0 Å². The summed E-state index contributed by atoms with van der Waals surface area (Å²) in [5.74, 6) is -4.58. The van der Waals surface area contributed by atoms with Gasteiger partial charge in [-0.1, -0.05) is 95.0 Å². The minimum atomic E-state index is -1.98. The first-order valence-electron chi connectivity index (χ1n) is 15.7. The highest BCUT2D eigenvalue weighted by Crippen LogP contribution is 2.48. The fourth-order valence-electron chi connectivity index (χ4n) is 6.53. The van der Waals surface area contributed by atoms with Crippen LogP contribution in [0.25, 0.3) is 6.08 Å². The molecule has 0 spiro atoms. The molecule has 0 bridgehead atoms. The van der Waals surface area contributed by atoms with Gasteiger partial charge in [-0.3, -0.25) is 9.59 Å². The van der Waals surface area contributed by atoms with Crippen LogP contribution in [0, 0.1) is 23.2 Å². The largest absolute Gasteiger partial charge is 0.458 e. The normalized spacial score (nSPS) is 30.4. The Balaban J connectivity index is 1.70. The summed E-state index contributed by atoms with van der Waals surface area (Å²) in [5.41, 5.74) is -1.11. The zero-order valence-electron chi connectivity index (χ0n) is 27.2. The van der Waals surface area contributed by atoms with Crippen molar-refractivity contribution in [3.8, 4) is 0 Å². The van der Waals surface area contributed by atoms with Gasteiger partial charge >= 0.3 is 17.9 Å². The van der Waals surface area contributed by atoms with Gasteiger partial charge in [0.15, 0.2) is 5.78 Å². The standard InChI is InChI=1S/C38H44O8/c1-24-17-19-30(45-31(40)20-18-28-13-9-7-10-14-28)37(5,6)22-21-25(2)35(41)38(43)23-26(3)34(32(38)33(24)44-27(4)39)46-36(42)29-15-11-8-12-16-29/h7-16,18,20-22,25-26,30,32-34,43H,1,17,19,23H2,2-6H3/b20-18+,22-21+/t25-,26-,30-,32-,33-,34-,38+/m0/s1. The second kappa shape index (κ2) is 14.4. The summed E-state index contributed by atoms with van der Waals surface area (Å²) in [6.07, 6.45) is 4.40. The van der Waals surface area contributed by atoms with Crippen LogP contribution in [0.1, 0.15) is 69.8 Å². The lowest BCUT2D eigenvalue weighted by molar-refractivity contribution is -0.164. The van der Waals surface area contributed by atoms with Crippen molar-refractivity contribution in [2.45, 2.75) is 77.8 Å². The number of fused-ring (bicyclic) bond motifs is 1. The predicted molar refractivity (Wildman–Crippen MR) is 174 cm³/mol. The molecule has 1 N–H and O–H groups in total. The van der Waals surface area contributed by atoms with Gasteiger partial charge < -0.3 is 19.3 Å². The lowest BCUT2D eigenvalue weighted by Crippen LogP contribution is -2.54. The van der Waals surface area contributed by atoms with Gasteiger partial charge in [0.2, 0.25) is 0 Å². The molecule has 244 valence electrons. The maximum absolute atomic E-state index is 14.1. The van der Waals surface area contributed by atoms with Crippen molar-refractivity contribution in [2.24, 2.45) is 23.2 Å². The van der Waals surface area contributed by atoms with Gasteiger partial charge in [0, 0.05) is 24.3 Å². The Hall–Kier alpha value is -4.30. The zero-order chi connectivity index (χ0) is 33.6. The molecule has 0 aliphatic heterocycles. The first kappa shape index (κ1) is 34.6. The lowest BCUT2D eigenvalue weighted by Gasteiger charge is -2.39. The van der Waals surface area contributed by atoms with E-state index in [4.69, 9.17) is 14.2 Å². The Morgan fingerprint density at radius 3 is 2.22 bits per heavy atom. The second-order valence-corrected chi connectivity index (χ2v) is 13.1. The molecule has 4 rings (SSSR count). The van der Waals surface area contributed by atoms with E-state index < -0.39 is 70.8 Å². The van der Waals surface area contributed by atoms with E-state index in [0.717, 1.165) is 5.56 Å². The van der Waals surface area contributed by atoms with Crippen molar-refractivity contribution in [2.75, 3.05) is 0 Å². The molecular weight excluding hydrogens is 584 g/mol. The third kappa shape index (κ3) is 7.91. The molecule has 0 radical (unpaired) electrons. The summed E-state index contributed by atoms with van der Waals surface area (Å²) in [7, 11) is 0. The van der Waals surface area contributed by atoms with Crippen LogP contribution in [-0.4, -0.2) is 52.7 Å². The lowest BCUT2D eigenvalue weighted by atomic mass is 9.73. The van der Waals surface area contributed by atoms with Crippen molar-refractivity contribution >= 4 is 29.8 Å².